The molecule has 3 N–H and O–H groups in total. The standard InChI is InChI=1S/C21H25ClFN3O2/c1-16-2-7-20(19(23)14-16)24-21(27)15-26-10-8-25(9-11-26)12-13-28-18-5-3-17(22)4-6-18/h2-7,14H,8-13,15H2,1H3,(H,24,27)/p+2. The van der Waals surface area contributed by atoms with E-state index in [4.69, 9.17) is 16.3 Å². The van der Waals surface area contributed by atoms with Crippen molar-refractivity contribution in [3.63, 3.8) is 0 Å². The summed E-state index contributed by atoms with van der Waals surface area (Å²) in [6.07, 6.45) is 0. The van der Waals surface area contributed by atoms with Crippen LogP contribution in [-0.2, 0) is 4.79 Å². The number of quaternary nitrogens is 2. The highest BCUT2D eigenvalue weighted by Gasteiger charge is 2.25. The summed E-state index contributed by atoms with van der Waals surface area (Å²) in [6.45, 7) is 7.58. The summed E-state index contributed by atoms with van der Waals surface area (Å²) in [6, 6.07) is 12.2. The van der Waals surface area contributed by atoms with Crippen LogP contribution in [0.4, 0.5) is 10.1 Å². The number of nitrogens with one attached hydrogen (secondary N) is 3. The Hall–Kier alpha value is -2.15. The second-order valence-electron chi connectivity index (χ2n) is 7.26. The van der Waals surface area contributed by atoms with Crippen molar-refractivity contribution in [3.8, 4) is 5.75 Å². The smallest absolute Gasteiger partial charge is 0.279 e. The number of halogens is 2. The molecule has 0 radical (unpaired) electrons. The average molecular weight is 408 g/mol. The Labute approximate surface area is 170 Å². The van der Waals surface area contributed by atoms with Gasteiger partial charge in [0.2, 0.25) is 0 Å². The molecule has 5 nitrogen and oxygen atoms in total. The number of hydrogen-bond donors (Lipinski definition) is 3. The SMILES string of the molecule is Cc1ccc(NC(=O)C[NH+]2CC[NH+](CCOc3ccc(Cl)cc3)CC2)c(F)c1. The quantitative estimate of drug-likeness (QED) is 0.629. The van der Waals surface area contributed by atoms with Crippen molar-refractivity contribution in [3.05, 3.63) is 58.9 Å². The normalized spacial score (nSPS) is 19.2. The second-order valence-corrected chi connectivity index (χ2v) is 7.70. The van der Waals surface area contributed by atoms with Crippen molar-refractivity contribution in [2.75, 3.05) is 51.2 Å². The topological polar surface area (TPSA) is 47.2 Å². The molecule has 1 heterocycles. The molecule has 1 aliphatic heterocycles. The predicted octanol–water partition coefficient (Wildman–Crippen LogP) is 0.588. The van der Waals surface area contributed by atoms with E-state index in [2.05, 4.69) is 5.32 Å². The molecular weight excluding hydrogens is 381 g/mol. The molecule has 0 unspecified atom stereocenters. The molecule has 150 valence electrons. The molecule has 2 aromatic carbocycles. The van der Waals surface area contributed by atoms with Crippen LogP contribution in [0.1, 0.15) is 5.56 Å². The van der Waals surface area contributed by atoms with Gasteiger partial charge in [-0.1, -0.05) is 17.7 Å². The summed E-state index contributed by atoms with van der Waals surface area (Å²) in [4.78, 5) is 14.9. The van der Waals surface area contributed by atoms with Gasteiger partial charge in [-0.05, 0) is 48.9 Å². The van der Waals surface area contributed by atoms with Crippen LogP contribution in [0, 0.1) is 12.7 Å². The van der Waals surface area contributed by atoms with Gasteiger partial charge in [-0.25, -0.2) is 4.39 Å². The van der Waals surface area contributed by atoms with Gasteiger partial charge in [0.15, 0.2) is 6.54 Å². The lowest BCUT2D eigenvalue weighted by Gasteiger charge is -2.29. The van der Waals surface area contributed by atoms with Crippen LogP contribution in [0.15, 0.2) is 42.5 Å². The molecule has 0 spiro atoms. The van der Waals surface area contributed by atoms with Crippen molar-refractivity contribution in [2.24, 2.45) is 0 Å². The number of ether oxygens (including phenoxy) is 1. The van der Waals surface area contributed by atoms with Gasteiger partial charge in [0.25, 0.3) is 5.91 Å². The second kappa shape index (κ2) is 9.87. The molecule has 1 amide bonds. The number of carbonyl (C=O) groups is 1. The maximum Gasteiger partial charge on any atom is 0.279 e. The van der Waals surface area contributed by atoms with Crippen molar-refractivity contribution < 1.29 is 23.7 Å². The molecule has 0 aromatic heterocycles. The highest BCUT2D eigenvalue weighted by atomic mass is 35.5. The van der Waals surface area contributed by atoms with Crippen molar-refractivity contribution in [1.82, 2.24) is 0 Å². The van der Waals surface area contributed by atoms with E-state index in [9.17, 15) is 9.18 Å². The summed E-state index contributed by atoms with van der Waals surface area (Å²) >= 11 is 5.87. The Kier molecular flexibility index (Phi) is 7.25. The van der Waals surface area contributed by atoms with Gasteiger partial charge in [0.05, 0.1) is 5.69 Å². The zero-order valence-corrected chi connectivity index (χ0v) is 16.8. The summed E-state index contributed by atoms with van der Waals surface area (Å²) in [5.74, 6) is 0.290. The first-order valence-electron chi connectivity index (χ1n) is 9.61. The molecule has 1 fully saturated rings. The van der Waals surface area contributed by atoms with E-state index >= 15 is 0 Å². The maximum atomic E-state index is 13.9. The van der Waals surface area contributed by atoms with Crippen LogP contribution >= 0.6 is 11.6 Å². The molecular formula is C21H27ClFN3O2+2. The van der Waals surface area contributed by atoms with Crippen LogP contribution in [0.2, 0.25) is 5.02 Å². The number of piperazine rings is 1. The molecule has 0 bridgehead atoms. The number of carbonyl (C=O) groups excluding carboxylic acids is 1. The highest BCUT2D eigenvalue weighted by Crippen LogP contribution is 2.15. The minimum absolute atomic E-state index is 0.146. The van der Waals surface area contributed by atoms with Crippen molar-refractivity contribution >= 4 is 23.2 Å². The highest BCUT2D eigenvalue weighted by molar-refractivity contribution is 6.30. The Balaban J connectivity index is 1.35. The third-order valence-corrected chi connectivity index (χ3v) is 5.26. The minimum atomic E-state index is -0.390. The van der Waals surface area contributed by atoms with Crippen LogP contribution in [0.25, 0.3) is 0 Å². The summed E-state index contributed by atoms with van der Waals surface area (Å²) < 4.78 is 19.6. The predicted molar refractivity (Wildman–Crippen MR) is 108 cm³/mol. The minimum Gasteiger partial charge on any atom is -0.488 e. The van der Waals surface area contributed by atoms with E-state index in [1.54, 1.807) is 12.1 Å². The van der Waals surface area contributed by atoms with Crippen molar-refractivity contribution in [1.29, 1.82) is 0 Å². The zero-order chi connectivity index (χ0) is 19.9. The van der Waals surface area contributed by atoms with E-state index in [-0.39, 0.29) is 11.6 Å². The molecule has 1 aliphatic rings. The van der Waals surface area contributed by atoms with Gasteiger partial charge in [0.1, 0.15) is 50.9 Å². The van der Waals surface area contributed by atoms with Gasteiger partial charge in [-0.3, -0.25) is 4.79 Å². The lowest BCUT2D eigenvalue weighted by molar-refractivity contribution is -1.01. The number of benzene rings is 2. The van der Waals surface area contributed by atoms with E-state index in [1.807, 2.05) is 31.2 Å². The molecule has 0 saturated carbocycles. The number of rotatable bonds is 7. The van der Waals surface area contributed by atoms with Crippen LogP contribution in [-0.4, -0.2) is 51.8 Å². The monoisotopic (exact) mass is 407 g/mol. The average Bonchev–Trinajstić information content (AvgIpc) is 2.67. The van der Waals surface area contributed by atoms with Crippen LogP contribution < -0.4 is 19.9 Å². The van der Waals surface area contributed by atoms with Gasteiger partial charge in [-0.15, -0.1) is 0 Å². The van der Waals surface area contributed by atoms with E-state index in [0.29, 0.717) is 18.2 Å². The molecule has 1 saturated heterocycles. The molecule has 7 heteroatoms. The van der Waals surface area contributed by atoms with Crippen LogP contribution in [0.3, 0.4) is 0 Å². The van der Waals surface area contributed by atoms with E-state index in [1.165, 1.54) is 15.9 Å². The van der Waals surface area contributed by atoms with Gasteiger partial charge >= 0.3 is 0 Å². The molecule has 28 heavy (non-hydrogen) atoms. The zero-order valence-electron chi connectivity index (χ0n) is 16.1. The maximum absolute atomic E-state index is 13.9. The first kappa shape index (κ1) is 20.6. The Bertz CT molecular complexity index is 793. The molecule has 0 atom stereocenters. The van der Waals surface area contributed by atoms with Crippen LogP contribution in [0.5, 0.6) is 5.75 Å². The Morgan fingerprint density at radius 3 is 2.46 bits per heavy atom. The first-order valence-corrected chi connectivity index (χ1v) is 9.99. The number of hydrogen-bond acceptors (Lipinski definition) is 2. The fraction of sp³-hybridized carbons (Fsp3) is 0.381. The number of amides is 1. The lowest BCUT2D eigenvalue weighted by Crippen LogP contribution is -3.28. The third kappa shape index (κ3) is 6.19. The fourth-order valence-electron chi connectivity index (χ4n) is 3.37. The number of aryl methyl sites for hydroxylation is 1. The first-order chi connectivity index (χ1) is 13.5. The van der Waals surface area contributed by atoms with Gasteiger partial charge in [-0.2, -0.15) is 0 Å². The van der Waals surface area contributed by atoms with Gasteiger partial charge in [0, 0.05) is 5.02 Å². The largest absolute Gasteiger partial charge is 0.488 e. The summed E-state index contributed by atoms with van der Waals surface area (Å²) in [7, 11) is 0. The molecule has 2 aromatic rings. The Morgan fingerprint density at radius 1 is 1.11 bits per heavy atom. The van der Waals surface area contributed by atoms with Gasteiger partial charge < -0.3 is 19.9 Å². The fourth-order valence-corrected chi connectivity index (χ4v) is 3.50. The third-order valence-electron chi connectivity index (χ3n) is 5.01. The van der Waals surface area contributed by atoms with E-state index < -0.39 is 5.82 Å². The lowest BCUT2D eigenvalue weighted by atomic mass is 10.2. The summed E-state index contributed by atoms with van der Waals surface area (Å²) in [5, 5.41) is 3.38. The molecule has 0 aliphatic carbocycles. The van der Waals surface area contributed by atoms with E-state index in [0.717, 1.165) is 44.0 Å². The Morgan fingerprint density at radius 2 is 1.79 bits per heavy atom. The molecule has 3 rings (SSSR count). The summed E-state index contributed by atoms with van der Waals surface area (Å²) in [5.41, 5.74) is 1.08. The van der Waals surface area contributed by atoms with Crippen molar-refractivity contribution in [2.45, 2.75) is 6.92 Å². The number of anilines is 1.